The second kappa shape index (κ2) is 5.79. The predicted molar refractivity (Wildman–Crippen MR) is 66.1 cm³/mol. The Morgan fingerprint density at radius 3 is 2.90 bits per heavy atom. The lowest BCUT2D eigenvalue weighted by Crippen LogP contribution is -2.53. The van der Waals surface area contributed by atoms with Crippen LogP contribution in [-0.4, -0.2) is 72.9 Å². The maximum atomic E-state index is 12.5. The summed E-state index contributed by atoms with van der Waals surface area (Å²) in [4.78, 5) is 22.7. The summed E-state index contributed by atoms with van der Waals surface area (Å²) in [6.45, 7) is -0.175. The molecule has 1 saturated heterocycles. The van der Waals surface area contributed by atoms with Gasteiger partial charge in [0.2, 0.25) is 0 Å². The minimum absolute atomic E-state index is 0.0866. The normalized spacial score (nSPS) is 20.1. The van der Waals surface area contributed by atoms with Gasteiger partial charge in [-0.25, -0.2) is 13.2 Å². The first-order chi connectivity index (χ1) is 9.89. The van der Waals surface area contributed by atoms with Gasteiger partial charge in [-0.3, -0.25) is 9.89 Å². The minimum atomic E-state index is -4.25. The Bertz CT molecular complexity index is 653. The minimum Gasteiger partial charge on any atom is -0.478 e. The summed E-state index contributed by atoms with van der Waals surface area (Å²) in [6, 6.07) is -1.17. The van der Waals surface area contributed by atoms with E-state index in [9.17, 15) is 18.0 Å². The van der Waals surface area contributed by atoms with Crippen molar-refractivity contribution in [2.45, 2.75) is 11.1 Å². The highest BCUT2D eigenvalue weighted by atomic mass is 32.2. The molecular formula is C10H13N3O7S. The van der Waals surface area contributed by atoms with Crippen LogP contribution in [-0.2, 0) is 24.3 Å². The molecule has 0 aromatic carbocycles. The van der Waals surface area contributed by atoms with Crippen molar-refractivity contribution in [3.8, 4) is 0 Å². The number of carboxylic acid groups (broad SMARTS) is 1. The maximum absolute atomic E-state index is 12.5. The summed E-state index contributed by atoms with van der Waals surface area (Å²) >= 11 is 0. The van der Waals surface area contributed by atoms with Gasteiger partial charge in [0.25, 0.3) is 10.0 Å². The Kier molecular flexibility index (Phi) is 4.25. The van der Waals surface area contributed by atoms with E-state index in [2.05, 4.69) is 14.9 Å². The van der Waals surface area contributed by atoms with Crippen LogP contribution in [0.3, 0.4) is 0 Å². The zero-order chi connectivity index (χ0) is 15.6. The number of rotatable bonds is 4. The number of methoxy groups -OCH3 is 1. The number of aromatic amines is 1. The highest BCUT2D eigenvalue weighted by Gasteiger charge is 2.41. The van der Waals surface area contributed by atoms with Gasteiger partial charge in [-0.2, -0.15) is 9.40 Å². The molecule has 1 fully saturated rings. The number of carbonyl (C=O) groups excluding carboxylic acids is 1. The van der Waals surface area contributed by atoms with Crippen molar-refractivity contribution in [1.29, 1.82) is 0 Å². The lowest BCUT2D eigenvalue weighted by Gasteiger charge is -2.32. The van der Waals surface area contributed by atoms with Gasteiger partial charge in [0.1, 0.15) is 11.6 Å². The van der Waals surface area contributed by atoms with Gasteiger partial charge in [0.05, 0.1) is 26.5 Å². The quantitative estimate of drug-likeness (QED) is 0.651. The van der Waals surface area contributed by atoms with E-state index in [0.29, 0.717) is 0 Å². The van der Waals surface area contributed by atoms with Gasteiger partial charge in [-0.1, -0.05) is 0 Å². The van der Waals surface area contributed by atoms with E-state index in [0.717, 1.165) is 17.6 Å². The molecule has 10 nitrogen and oxygen atoms in total. The predicted octanol–water partition coefficient (Wildman–Crippen LogP) is -1.33. The summed E-state index contributed by atoms with van der Waals surface area (Å²) < 4.78 is 35.5. The molecule has 1 unspecified atom stereocenters. The molecule has 116 valence electrons. The van der Waals surface area contributed by atoms with Crippen LogP contribution in [0, 0.1) is 0 Å². The van der Waals surface area contributed by atoms with Crippen molar-refractivity contribution in [2.75, 3.05) is 26.9 Å². The number of hydrogen-bond donors (Lipinski definition) is 2. The number of H-pyrrole nitrogens is 1. The van der Waals surface area contributed by atoms with Gasteiger partial charge >= 0.3 is 11.9 Å². The fraction of sp³-hybridized carbons (Fsp3) is 0.500. The topological polar surface area (TPSA) is 139 Å². The number of esters is 1. The summed E-state index contributed by atoms with van der Waals surface area (Å²) in [5.74, 6) is -2.22. The van der Waals surface area contributed by atoms with Gasteiger partial charge < -0.3 is 14.6 Å². The molecule has 1 aromatic heterocycles. The number of aromatic nitrogens is 2. The van der Waals surface area contributed by atoms with Gasteiger partial charge in [0, 0.05) is 6.54 Å². The van der Waals surface area contributed by atoms with Crippen LogP contribution < -0.4 is 0 Å². The highest BCUT2D eigenvalue weighted by Crippen LogP contribution is 2.22. The van der Waals surface area contributed by atoms with E-state index < -0.39 is 38.6 Å². The summed E-state index contributed by atoms with van der Waals surface area (Å²) in [7, 11) is -3.12. The van der Waals surface area contributed by atoms with Gasteiger partial charge in [0.15, 0.2) is 5.03 Å². The number of carboxylic acids is 1. The summed E-state index contributed by atoms with van der Waals surface area (Å²) in [6.07, 6.45) is 0.892. The van der Waals surface area contributed by atoms with Crippen LogP contribution in [0.5, 0.6) is 0 Å². The Morgan fingerprint density at radius 2 is 2.29 bits per heavy atom. The molecule has 0 saturated carbocycles. The van der Waals surface area contributed by atoms with Crippen LogP contribution in [0.1, 0.15) is 10.4 Å². The van der Waals surface area contributed by atoms with E-state index in [4.69, 9.17) is 9.84 Å². The van der Waals surface area contributed by atoms with E-state index in [-0.39, 0.29) is 19.8 Å². The number of ether oxygens (including phenoxy) is 2. The van der Waals surface area contributed by atoms with Crippen LogP contribution in [0.2, 0.25) is 0 Å². The molecule has 0 amide bonds. The summed E-state index contributed by atoms with van der Waals surface area (Å²) in [5, 5.41) is 14.0. The third-order valence-corrected chi connectivity index (χ3v) is 4.84. The second-order valence-corrected chi connectivity index (χ2v) is 5.97. The molecule has 2 rings (SSSR count). The van der Waals surface area contributed by atoms with Gasteiger partial charge in [-0.15, -0.1) is 0 Å². The van der Waals surface area contributed by atoms with E-state index in [1.54, 1.807) is 0 Å². The number of hydrogen-bond acceptors (Lipinski definition) is 7. The molecule has 1 aromatic rings. The first-order valence-electron chi connectivity index (χ1n) is 5.83. The molecule has 0 radical (unpaired) electrons. The average Bonchev–Trinajstić information content (AvgIpc) is 2.97. The molecule has 0 aliphatic carbocycles. The largest absolute Gasteiger partial charge is 0.478 e. The maximum Gasteiger partial charge on any atom is 0.340 e. The van der Waals surface area contributed by atoms with Crippen LogP contribution in [0.4, 0.5) is 0 Å². The lowest BCUT2D eigenvalue weighted by atomic mass is 10.3. The third kappa shape index (κ3) is 2.75. The third-order valence-electron chi connectivity index (χ3n) is 2.95. The number of aromatic carboxylic acids is 1. The Labute approximate surface area is 119 Å². The Hall–Kier alpha value is -1.98. The van der Waals surface area contributed by atoms with Crippen LogP contribution in [0.15, 0.2) is 11.2 Å². The van der Waals surface area contributed by atoms with Crippen LogP contribution >= 0.6 is 0 Å². The molecule has 11 heteroatoms. The monoisotopic (exact) mass is 319 g/mol. The molecule has 1 atom stereocenters. The average molecular weight is 319 g/mol. The lowest BCUT2D eigenvalue weighted by molar-refractivity contribution is -0.149. The Balaban J connectivity index is 2.43. The number of nitrogens with one attached hydrogen (secondary N) is 1. The number of sulfonamides is 1. The van der Waals surface area contributed by atoms with Crippen molar-refractivity contribution in [3.05, 3.63) is 11.8 Å². The number of carbonyl (C=O) groups is 2. The fourth-order valence-electron chi connectivity index (χ4n) is 1.94. The first-order valence-corrected chi connectivity index (χ1v) is 7.27. The second-order valence-electron chi connectivity index (χ2n) is 4.15. The molecule has 21 heavy (non-hydrogen) atoms. The van der Waals surface area contributed by atoms with Crippen molar-refractivity contribution in [3.63, 3.8) is 0 Å². The number of morpholine rings is 1. The zero-order valence-electron chi connectivity index (χ0n) is 11.0. The highest BCUT2D eigenvalue weighted by molar-refractivity contribution is 7.89. The molecule has 1 aliphatic rings. The van der Waals surface area contributed by atoms with E-state index in [1.165, 1.54) is 0 Å². The van der Waals surface area contributed by atoms with Crippen LogP contribution in [0.25, 0.3) is 0 Å². The van der Waals surface area contributed by atoms with Crippen molar-refractivity contribution < 1.29 is 32.6 Å². The standard InChI is InChI=1S/C10H13N3O7S/c1-19-10(16)7-5-20-3-2-13(7)21(17,18)8-6(9(14)15)4-11-12-8/h4,7H,2-3,5H2,1H3,(H,11,12)(H,14,15). The molecule has 1 aliphatic heterocycles. The zero-order valence-corrected chi connectivity index (χ0v) is 11.8. The molecular weight excluding hydrogens is 306 g/mol. The molecule has 2 N–H and O–H groups in total. The molecule has 0 bridgehead atoms. The van der Waals surface area contributed by atoms with E-state index in [1.807, 2.05) is 0 Å². The smallest absolute Gasteiger partial charge is 0.340 e. The number of nitrogens with zero attached hydrogens (tertiary/aromatic N) is 2. The fourth-order valence-corrected chi connectivity index (χ4v) is 3.56. The molecule has 0 spiro atoms. The van der Waals surface area contributed by atoms with Crippen molar-refractivity contribution in [2.24, 2.45) is 0 Å². The molecule has 2 heterocycles. The summed E-state index contributed by atoms with van der Waals surface area (Å²) in [5.41, 5.74) is -0.495. The first kappa shape index (κ1) is 15.4. The van der Waals surface area contributed by atoms with Crippen molar-refractivity contribution in [1.82, 2.24) is 14.5 Å². The van der Waals surface area contributed by atoms with Crippen molar-refractivity contribution >= 4 is 22.0 Å². The van der Waals surface area contributed by atoms with Gasteiger partial charge in [-0.05, 0) is 0 Å². The SMILES string of the molecule is COC(=O)C1COCCN1S(=O)(=O)c1[nH]ncc1C(=O)O. The van der Waals surface area contributed by atoms with E-state index >= 15 is 0 Å². The Morgan fingerprint density at radius 1 is 1.57 bits per heavy atom.